The Balaban J connectivity index is 1.31. The summed E-state index contributed by atoms with van der Waals surface area (Å²) in [6.45, 7) is 2.95. The lowest BCUT2D eigenvalue weighted by molar-refractivity contribution is -0.0114. The predicted octanol–water partition coefficient (Wildman–Crippen LogP) is 1.24. The third kappa shape index (κ3) is 4.18. The Morgan fingerprint density at radius 3 is 2.69 bits per heavy atom. The monoisotopic (exact) mass is 494 g/mol. The molecule has 0 spiro atoms. The van der Waals surface area contributed by atoms with Crippen LogP contribution in [-0.4, -0.2) is 69.9 Å². The van der Waals surface area contributed by atoms with Crippen molar-refractivity contribution in [2.45, 2.75) is 31.0 Å². The van der Waals surface area contributed by atoms with Crippen molar-refractivity contribution in [1.82, 2.24) is 24.9 Å². The maximum absolute atomic E-state index is 12.1. The van der Waals surface area contributed by atoms with E-state index in [2.05, 4.69) is 42.0 Å². The summed E-state index contributed by atoms with van der Waals surface area (Å²) in [5.41, 5.74) is 7.81. The molecule has 3 fully saturated rings. The molecule has 2 saturated heterocycles. The molecule has 35 heavy (non-hydrogen) atoms. The van der Waals surface area contributed by atoms with Crippen molar-refractivity contribution in [3.63, 3.8) is 0 Å². The van der Waals surface area contributed by atoms with Crippen LogP contribution in [0.4, 0.5) is 23.1 Å². The lowest BCUT2D eigenvalue weighted by atomic mass is 10.0. The summed E-state index contributed by atoms with van der Waals surface area (Å²) >= 11 is 6.79. The van der Waals surface area contributed by atoms with Crippen LogP contribution >= 0.6 is 11.6 Å². The van der Waals surface area contributed by atoms with Gasteiger partial charge >= 0.3 is 0 Å². The van der Waals surface area contributed by atoms with Crippen molar-refractivity contribution in [2.75, 3.05) is 41.8 Å². The van der Waals surface area contributed by atoms with Gasteiger partial charge in [0.1, 0.15) is 6.07 Å². The molecule has 2 aromatic heterocycles. The number of ether oxygens (including phenoxy) is 1. The summed E-state index contributed by atoms with van der Waals surface area (Å²) in [6, 6.07) is 6.39. The summed E-state index contributed by atoms with van der Waals surface area (Å²) in [6.07, 6.45) is 3.54. The minimum atomic E-state index is -0.568. The van der Waals surface area contributed by atoms with E-state index in [4.69, 9.17) is 22.1 Å². The summed E-state index contributed by atoms with van der Waals surface area (Å²) in [4.78, 5) is 23.0. The number of rotatable bonds is 8. The molecule has 1 amide bonds. The Morgan fingerprint density at radius 2 is 2.03 bits per heavy atom. The van der Waals surface area contributed by atoms with Gasteiger partial charge < -0.3 is 31.3 Å². The quantitative estimate of drug-likeness (QED) is 0.359. The maximum atomic E-state index is 12.1. The maximum Gasteiger partial charge on any atom is 0.248 e. The van der Waals surface area contributed by atoms with Crippen LogP contribution in [0.5, 0.6) is 0 Å². The minimum absolute atomic E-state index is 0.206. The largest absolute Gasteiger partial charge is 0.378 e. The lowest BCUT2D eigenvalue weighted by Gasteiger charge is -2.45. The second-order valence-corrected chi connectivity index (χ2v) is 9.42. The highest BCUT2D eigenvalue weighted by atomic mass is 35.5. The fourth-order valence-corrected chi connectivity index (χ4v) is 4.44. The number of fused-ring (bicyclic) bond motifs is 1. The Bertz CT molecular complexity index is 1350. The normalized spacial score (nSPS) is 18.1. The van der Waals surface area contributed by atoms with E-state index in [1.807, 2.05) is 0 Å². The average Bonchev–Trinajstić information content (AvgIpc) is 3.49. The van der Waals surface area contributed by atoms with Crippen LogP contribution in [0.2, 0.25) is 5.02 Å². The van der Waals surface area contributed by atoms with Crippen LogP contribution in [0.25, 0.3) is 5.65 Å². The first-order valence-corrected chi connectivity index (χ1v) is 11.8. The Morgan fingerprint density at radius 1 is 1.23 bits per heavy atom. The highest BCUT2D eigenvalue weighted by molar-refractivity contribution is 6.36. The number of imidazole rings is 1. The number of carbonyl (C=O) groups excluding carboxylic acids is 1. The number of aromatic nitrogens is 4. The zero-order valence-corrected chi connectivity index (χ0v) is 19.4. The first-order chi connectivity index (χ1) is 17.0. The Hall–Kier alpha value is -3.66. The second-order valence-electron chi connectivity index (χ2n) is 9.04. The van der Waals surface area contributed by atoms with E-state index in [0.29, 0.717) is 51.6 Å². The van der Waals surface area contributed by atoms with Gasteiger partial charge in [0.2, 0.25) is 11.9 Å². The molecule has 13 heteroatoms. The van der Waals surface area contributed by atoms with Gasteiger partial charge in [0.15, 0.2) is 17.2 Å². The zero-order valence-electron chi connectivity index (χ0n) is 18.7. The van der Waals surface area contributed by atoms with Crippen LogP contribution in [-0.2, 0) is 4.74 Å². The third-order valence-corrected chi connectivity index (χ3v) is 6.71. The molecule has 180 valence electrons. The first kappa shape index (κ1) is 21.8. The van der Waals surface area contributed by atoms with Crippen molar-refractivity contribution in [3.8, 4) is 6.07 Å². The second kappa shape index (κ2) is 8.53. The number of nitrogens with two attached hydrogens (primary N) is 1. The fourth-order valence-electron chi connectivity index (χ4n) is 4.17. The molecular formula is C22H23ClN10O2. The van der Waals surface area contributed by atoms with Gasteiger partial charge in [0, 0.05) is 30.7 Å². The highest BCUT2D eigenvalue weighted by Crippen LogP contribution is 2.38. The van der Waals surface area contributed by atoms with Crippen molar-refractivity contribution in [3.05, 3.63) is 34.6 Å². The first-order valence-electron chi connectivity index (χ1n) is 11.4. The van der Waals surface area contributed by atoms with Crippen LogP contribution in [0.3, 0.4) is 0 Å². The molecular weight excluding hydrogens is 472 g/mol. The van der Waals surface area contributed by atoms with E-state index in [1.54, 1.807) is 12.1 Å². The molecule has 1 aliphatic carbocycles. The van der Waals surface area contributed by atoms with Gasteiger partial charge in [-0.2, -0.15) is 14.8 Å². The summed E-state index contributed by atoms with van der Waals surface area (Å²) in [5, 5.41) is 24.3. The van der Waals surface area contributed by atoms with Crippen molar-refractivity contribution >= 4 is 46.3 Å². The number of nitriles is 1. The smallest absolute Gasteiger partial charge is 0.248 e. The standard InChI is InChI=1S/C22H23ClN10O2/c23-18-16(3-11(19(25)34)4-17(18)32-7-13(8-32)27-14-9-35-10-14)29-22-30-20(28-12-1-2-12)21-26-6-15(5-24)33(21)31-22/h3-4,6,12-14,27H,1-2,7-10H2,(H2,25,34)(H2,28,29,30,31). The molecule has 0 atom stereocenters. The number of nitrogens with one attached hydrogen (secondary N) is 3. The number of hydrogen-bond donors (Lipinski definition) is 4. The van der Waals surface area contributed by atoms with Crippen molar-refractivity contribution in [2.24, 2.45) is 5.73 Å². The van der Waals surface area contributed by atoms with Gasteiger partial charge in [-0.3, -0.25) is 4.79 Å². The molecule has 4 heterocycles. The summed E-state index contributed by atoms with van der Waals surface area (Å²) in [5.74, 6) is 0.157. The molecule has 2 aliphatic heterocycles. The van der Waals surface area contributed by atoms with Crippen molar-refractivity contribution < 1.29 is 9.53 Å². The lowest BCUT2D eigenvalue weighted by Crippen LogP contribution is -2.63. The molecule has 3 aliphatic rings. The van der Waals surface area contributed by atoms with E-state index in [1.165, 1.54) is 10.7 Å². The molecule has 12 nitrogen and oxygen atoms in total. The average molecular weight is 495 g/mol. The van der Waals surface area contributed by atoms with Gasteiger partial charge in [-0.25, -0.2) is 4.98 Å². The van der Waals surface area contributed by atoms with Gasteiger partial charge in [0.05, 0.1) is 41.8 Å². The summed E-state index contributed by atoms with van der Waals surface area (Å²) in [7, 11) is 0. The molecule has 6 rings (SSSR count). The highest BCUT2D eigenvalue weighted by Gasteiger charge is 2.33. The number of anilines is 4. The number of hydrogen-bond acceptors (Lipinski definition) is 10. The Labute approximate surface area is 205 Å². The van der Waals surface area contributed by atoms with E-state index in [0.717, 1.165) is 39.1 Å². The number of halogens is 1. The molecule has 0 bridgehead atoms. The minimum Gasteiger partial charge on any atom is -0.378 e. The number of benzene rings is 1. The molecule has 0 radical (unpaired) electrons. The topological polar surface area (TPSA) is 159 Å². The molecule has 3 aromatic rings. The molecule has 5 N–H and O–H groups in total. The number of carbonyl (C=O) groups is 1. The summed E-state index contributed by atoms with van der Waals surface area (Å²) < 4.78 is 6.65. The zero-order chi connectivity index (χ0) is 24.1. The Kier molecular flexibility index (Phi) is 5.32. The molecule has 1 saturated carbocycles. The fraction of sp³-hybridized carbons (Fsp3) is 0.409. The number of amides is 1. The van der Waals surface area contributed by atoms with Gasteiger partial charge in [0.25, 0.3) is 0 Å². The van der Waals surface area contributed by atoms with Crippen LogP contribution < -0.4 is 26.6 Å². The van der Waals surface area contributed by atoms with E-state index >= 15 is 0 Å². The van der Waals surface area contributed by atoms with Crippen LogP contribution in [0, 0.1) is 11.3 Å². The van der Waals surface area contributed by atoms with E-state index in [9.17, 15) is 10.1 Å². The van der Waals surface area contributed by atoms with E-state index in [-0.39, 0.29) is 11.6 Å². The van der Waals surface area contributed by atoms with Gasteiger partial charge in [-0.05, 0) is 25.0 Å². The number of nitrogens with zero attached hydrogens (tertiary/aromatic N) is 6. The van der Waals surface area contributed by atoms with Crippen LogP contribution in [0.1, 0.15) is 28.9 Å². The van der Waals surface area contributed by atoms with Gasteiger partial charge in [-0.1, -0.05) is 11.6 Å². The van der Waals surface area contributed by atoms with Gasteiger partial charge in [-0.15, -0.1) is 5.10 Å². The van der Waals surface area contributed by atoms with Crippen LogP contribution in [0.15, 0.2) is 18.3 Å². The molecule has 0 unspecified atom stereocenters. The number of primary amides is 1. The third-order valence-electron chi connectivity index (χ3n) is 6.31. The SMILES string of the molecule is N#Cc1cnc2c(NC3CC3)nc(Nc3cc(C(N)=O)cc(N4CC(NC5COC5)C4)c3Cl)nn12. The molecule has 1 aromatic carbocycles. The van der Waals surface area contributed by atoms with Crippen molar-refractivity contribution in [1.29, 1.82) is 5.26 Å². The predicted molar refractivity (Wildman–Crippen MR) is 129 cm³/mol. The van der Waals surface area contributed by atoms with E-state index < -0.39 is 5.91 Å².